The van der Waals surface area contributed by atoms with Crippen molar-refractivity contribution in [2.75, 3.05) is 55.7 Å². The maximum Gasteiger partial charge on any atom is 0.210 e. The van der Waals surface area contributed by atoms with Gasteiger partial charge in [-0.05, 0) is 50.9 Å². The number of rotatable bonds is 4. The van der Waals surface area contributed by atoms with E-state index in [0.29, 0.717) is 6.61 Å². The van der Waals surface area contributed by atoms with E-state index < -0.39 is 0 Å². The zero-order chi connectivity index (χ0) is 19.5. The third-order valence-corrected chi connectivity index (χ3v) is 7.45. The molecular weight excluding hydrogens is 384 g/mol. The summed E-state index contributed by atoms with van der Waals surface area (Å²) in [6, 6.07) is 6.75. The number of nitrogens with zero attached hydrogens (tertiary/aromatic N) is 6. The van der Waals surface area contributed by atoms with Gasteiger partial charge in [-0.25, -0.2) is 0 Å². The van der Waals surface area contributed by atoms with E-state index in [1.165, 1.54) is 45.2 Å². The Morgan fingerprint density at radius 1 is 0.897 bits per heavy atom. The molecule has 3 saturated heterocycles. The monoisotopic (exact) mass is 414 g/mol. The average molecular weight is 415 g/mol. The second-order valence-corrected chi connectivity index (χ2v) is 9.18. The van der Waals surface area contributed by atoms with Crippen LogP contribution in [0.15, 0.2) is 24.4 Å². The van der Waals surface area contributed by atoms with Crippen molar-refractivity contribution in [1.29, 1.82) is 0 Å². The van der Waals surface area contributed by atoms with Crippen molar-refractivity contribution >= 4 is 21.6 Å². The summed E-state index contributed by atoms with van der Waals surface area (Å²) >= 11 is 1.72. The highest BCUT2D eigenvalue weighted by Gasteiger charge is 2.29. The van der Waals surface area contributed by atoms with Gasteiger partial charge in [-0.1, -0.05) is 23.8 Å². The Hall–Kier alpha value is -1.77. The molecule has 3 fully saturated rings. The van der Waals surface area contributed by atoms with Crippen LogP contribution in [0.3, 0.4) is 0 Å². The summed E-state index contributed by atoms with van der Waals surface area (Å²) in [6.07, 6.45) is 8.47. The Morgan fingerprint density at radius 3 is 2.45 bits per heavy atom. The predicted octanol–water partition coefficient (Wildman–Crippen LogP) is 2.97. The van der Waals surface area contributed by atoms with Crippen LogP contribution in [0, 0.1) is 0 Å². The molecule has 0 saturated carbocycles. The molecule has 5 rings (SSSR count). The summed E-state index contributed by atoms with van der Waals surface area (Å²) in [6.45, 7) is 7.10. The lowest BCUT2D eigenvalue weighted by molar-refractivity contribution is 0.0370. The summed E-state index contributed by atoms with van der Waals surface area (Å²) in [7, 11) is 0. The number of ether oxygens (including phenoxy) is 1. The highest BCUT2D eigenvalue weighted by molar-refractivity contribution is 7.19. The van der Waals surface area contributed by atoms with E-state index in [-0.39, 0.29) is 6.10 Å². The Bertz CT molecular complexity index is 772. The van der Waals surface area contributed by atoms with E-state index in [1.807, 2.05) is 24.4 Å². The highest BCUT2D eigenvalue weighted by atomic mass is 32.1. The molecule has 3 aliphatic heterocycles. The number of likely N-dealkylation sites (tertiary alicyclic amines) is 1. The van der Waals surface area contributed by atoms with E-state index in [9.17, 15) is 0 Å². The number of pyridine rings is 1. The van der Waals surface area contributed by atoms with Gasteiger partial charge in [-0.3, -0.25) is 4.98 Å². The van der Waals surface area contributed by atoms with E-state index in [1.54, 1.807) is 11.3 Å². The van der Waals surface area contributed by atoms with Crippen LogP contribution < -0.4 is 9.80 Å². The van der Waals surface area contributed by atoms with Crippen LogP contribution >= 0.6 is 11.3 Å². The van der Waals surface area contributed by atoms with Crippen molar-refractivity contribution in [3.63, 3.8) is 0 Å². The molecule has 0 aromatic carbocycles. The summed E-state index contributed by atoms with van der Waals surface area (Å²) in [5, 5.41) is 11.1. The van der Waals surface area contributed by atoms with Gasteiger partial charge in [-0.15, -0.1) is 10.2 Å². The molecule has 0 radical (unpaired) electrons. The van der Waals surface area contributed by atoms with Crippen molar-refractivity contribution in [2.45, 2.75) is 44.2 Å². The zero-order valence-corrected chi connectivity index (χ0v) is 17.8. The first-order valence-corrected chi connectivity index (χ1v) is 11.8. The molecular formula is C21H30N6OS. The first-order valence-electron chi connectivity index (χ1n) is 11.0. The zero-order valence-electron chi connectivity index (χ0n) is 16.9. The summed E-state index contributed by atoms with van der Waals surface area (Å²) < 4.78 is 5.95. The minimum atomic E-state index is -0.00223. The van der Waals surface area contributed by atoms with Gasteiger partial charge in [0.05, 0.1) is 18.8 Å². The number of hydrogen-bond acceptors (Lipinski definition) is 8. The molecule has 29 heavy (non-hydrogen) atoms. The van der Waals surface area contributed by atoms with Crippen molar-refractivity contribution in [1.82, 2.24) is 20.1 Å². The molecule has 8 heteroatoms. The molecule has 7 nitrogen and oxygen atoms in total. The fourth-order valence-electron chi connectivity index (χ4n) is 4.74. The molecule has 3 aliphatic rings. The fourth-order valence-corrected chi connectivity index (χ4v) is 5.67. The van der Waals surface area contributed by atoms with Crippen LogP contribution in [0.25, 0.3) is 0 Å². The van der Waals surface area contributed by atoms with Gasteiger partial charge in [-0.2, -0.15) is 0 Å². The Labute approximate surface area is 176 Å². The average Bonchev–Trinajstić information content (AvgIpc) is 3.31. The molecule has 156 valence electrons. The second kappa shape index (κ2) is 8.93. The minimum absolute atomic E-state index is 0.00223. The van der Waals surface area contributed by atoms with Crippen LogP contribution in [0.4, 0.5) is 10.3 Å². The quantitative estimate of drug-likeness (QED) is 0.762. The number of aromatic nitrogens is 3. The molecule has 0 amide bonds. The molecule has 2 aromatic heterocycles. The lowest BCUT2D eigenvalue weighted by Crippen LogP contribution is -2.46. The Kier molecular flexibility index (Phi) is 5.92. The Balaban J connectivity index is 1.19. The molecule has 5 heterocycles. The first kappa shape index (κ1) is 19.2. The second-order valence-electron chi connectivity index (χ2n) is 8.24. The van der Waals surface area contributed by atoms with Crippen molar-refractivity contribution in [2.24, 2.45) is 0 Å². The number of morpholine rings is 1. The van der Waals surface area contributed by atoms with Gasteiger partial charge in [0.15, 0.2) is 0 Å². The number of hydrogen-bond donors (Lipinski definition) is 0. The first-order chi connectivity index (χ1) is 14.4. The standard InChI is InChI=1S/C21H30N6OS/c1-4-10-25(11-5-1)17-7-12-26(13-8-17)20-23-24-21(29-20)27-14-15-28-19(16-27)18-6-2-3-9-22-18/h2-3,6,9,17,19H,1,4-5,7-8,10-16H2/t19-/m0/s1. The third kappa shape index (κ3) is 4.39. The van der Waals surface area contributed by atoms with Crippen LogP contribution in [0.2, 0.25) is 0 Å². The lowest BCUT2D eigenvalue weighted by Gasteiger charge is -2.40. The summed E-state index contributed by atoms with van der Waals surface area (Å²) in [4.78, 5) is 11.9. The van der Waals surface area contributed by atoms with E-state index in [0.717, 1.165) is 48.2 Å². The minimum Gasteiger partial charge on any atom is -0.368 e. The van der Waals surface area contributed by atoms with Gasteiger partial charge in [0.1, 0.15) is 6.10 Å². The van der Waals surface area contributed by atoms with Crippen LogP contribution in [0.1, 0.15) is 43.9 Å². The molecule has 0 N–H and O–H groups in total. The van der Waals surface area contributed by atoms with Gasteiger partial charge in [0, 0.05) is 31.9 Å². The van der Waals surface area contributed by atoms with Gasteiger partial charge in [0.2, 0.25) is 10.3 Å². The maximum atomic E-state index is 5.95. The van der Waals surface area contributed by atoms with E-state index in [2.05, 4.69) is 29.9 Å². The van der Waals surface area contributed by atoms with Crippen LogP contribution in [-0.4, -0.2) is 72.0 Å². The molecule has 0 bridgehead atoms. The van der Waals surface area contributed by atoms with E-state index >= 15 is 0 Å². The molecule has 1 atom stereocenters. The molecule has 0 spiro atoms. The molecule has 2 aromatic rings. The molecule has 0 aliphatic carbocycles. The Morgan fingerprint density at radius 2 is 1.69 bits per heavy atom. The normalized spacial score (nSPS) is 24.8. The van der Waals surface area contributed by atoms with Crippen LogP contribution in [-0.2, 0) is 4.74 Å². The smallest absolute Gasteiger partial charge is 0.210 e. The third-order valence-electron chi connectivity index (χ3n) is 6.40. The van der Waals surface area contributed by atoms with E-state index in [4.69, 9.17) is 4.74 Å². The topological polar surface area (TPSA) is 57.6 Å². The van der Waals surface area contributed by atoms with Crippen LogP contribution in [0.5, 0.6) is 0 Å². The fraction of sp³-hybridized carbons (Fsp3) is 0.667. The lowest BCUT2D eigenvalue weighted by atomic mass is 10.0. The highest BCUT2D eigenvalue weighted by Crippen LogP contribution is 2.32. The number of piperidine rings is 2. The van der Waals surface area contributed by atoms with Gasteiger partial charge >= 0.3 is 0 Å². The van der Waals surface area contributed by atoms with Crippen molar-refractivity contribution in [3.8, 4) is 0 Å². The van der Waals surface area contributed by atoms with Crippen molar-refractivity contribution in [3.05, 3.63) is 30.1 Å². The van der Waals surface area contributed by atoms with Crippen molar-refractivity contribution < 1.29 is 4.74 Å². The predicted molar refractivity (Wildman–Crippen MR) is 116 cm³/mol. The SMILES string of the molecule is c1ccc([C@@H]2CN(c3nnc(N4CCC(N5CCCCC5)CC4)s3)CCO2)nc1. The number of anilines is 2. The van der Waals surface area contributed by atoms with Gasteiger partial charge < -0.3 is 19.4 Å². The largest absolute Gasteiger partial charge is 0.368 e. The summed E-state index contributed by atoms with van der Waals surface area (Å²) in [5.74, 6) is 0. The van der Waals surface area contributed by atoms with Gasteiger partial charge in [0.25, 0.3) is 0 Å². The maximum absolute atomic E-state index is 5.95. The summed E-state index contributed by atoms with van der Waals surface area (Å²) in [5.41, 5.74) is 0.988. The molecule has 0 unspecified atom stereocenters.